The molecular weight excluding hydrogens is 346 g/mol. The first-order valence-electron chi connectivity index (χ1n) is 8.87. The van der Waals surface area contributed by atoms with Gasteiger partial charge in [0.25, 0.3) is 5.91 Å². The molecule has 138 valence electrons. The lowest BCUT2D eigenvalue weighted by atomic mass is 9.84. The van der Waals surface area contributed by atoms with E-state index in [2.05, 4.69) is 0 Å². The van der Waals surface area contributed by atoms with Gasteiger partial charge in [-0.1, -0.05) is 30.3 Å². The first kappa shape index (κ1) is 17.3. The van der Waals surface area contributed by atoms with Gasteiger partial charge in [-0.15, -0.1) is 0 Å². The van der Waals surface area contributed by atoms with Crippen LogP contribution < -0.4 is 9.47 Å². The number of rotatable bonds is 5. The number of imide groups is 1. The molecule has 0 saturated carbocycles. The molecule has 6 nitrogen and oxygen atoms in total. The van der Waals surface area contributed by atoms with Crippen molar-refractivity contribution >= 4 is 17.6 Å². The van der Waals surface area contributed by atoms with Crippen LogP contribution in [0.2, 0.25) is 0 Å². The van der Waals surface area contributed by atoms with E-state index in [0.717, 1.165) is 5.56 Å². The minimum absolute atomic E-state index is 0.0107. The molecule has 2 aromatic carbocycles. The summed E-state index contributed by atoms with van der Waals surface area (Å²) >= 11 is 0. The number of carbonyl (C=O) groups excluding carboxylic acids is 3. The highest BCUT2D eigenvalue weighted by atomic mass is 16.7. The second-order valence-corrected chi connectivity index (χ2v) is 6.80. The first-order chi connectivity index (χ1) is 13.0. The summed E-state index contributed by atoms with van der Waals surface area (Å²) < 4.78 is 10.8. The van der Waals surface area contributed by atoms with Crippen LogP contribution in [0.4, 0.5) is 0 Å². The molecule has 2 heterocycles. The van der Waals surface area contributed by atoms with Gasteiger partial charge in [0.1, 0.15) is 5.78 Å². The van der Waals surface area contributed by atoms with Crippen molar-refractivity contribution in [3.63, 3.8) is 0 Å². The van der Waals surface area contributed by atoms with Gasteiger partial charge in [0, 0.05) is 12.0 Å². The first-order valence-corrected chi connectivity index (χ1v) is 8.87. The predicted octanol–water partition coefficient (Wildman–Crippen LogP) is 3.05. The van der Waals surface area contributed by atoms with E-state index in [0.29, 0.717) is 29.0 Å². The molecule has 0 aliphatic carbocycles. The van der Waals surface area contributed by atoms with Crippen molar-refractivity contribution in [2.45, 2.75) is 32.2 Å². The van der Waals surface area contributed by atoms with Gasteiger partial charge in [-0.05, 0) is 36.6 Å². The maximum atomic E-state index is 13.1. The normalized spacial score (nSPS) is 17.8. The molecule has 0 bridgehead atoms. The molecule has 2 amide bonds. The fourth-order valence-corrected chi connectivity index (χ4v) is 3.54. The molecule has 27 heavy (non-hydrogen) atoms. The van der Waals surface area contributed by atoms with E-state index in [1.54, 1.807) is 12.1 Å². The molecule has 2 aromatic rings. The zero-order chi connectivity index (χ0) is 19.0. The number of hydrogen-bond acceptors (Lipinski definition) is 5. The third-order valence-electron chi connectivity index (χ3n) is 4.93. The summed E-state index contributed by atoms with van der Waals surface area (Å²) in [6, 6.07) is 12.7. The molecule has 4 rings (SSSR count). The van der Waals surface area contributed by atoms with Crippen molar-refractivity contribution in [2.24, 2.45) is 0 Å². The lowest BCUT2D eigenvalue weighted by Crippen LogP contribution is -2.44. The summed E-state index contributed by atoms with van der Waals surface area (Å²) in [7, 11) is 0. The zero-order valence-corrected chi connectivity index (χ0v) is 14.9. The summed E-state index contributed by atoms with van der Waals surface area (Å²) in [6.45, 7) is 1.79. The Balaban J connectivity index is 1.74. The fourth-order valence-electron chi connectivity index (χ4n) is 3.54. The van der Waals surface area contributed by atoms with Crippen LogP contribution in [0, 0.1) is 0 Å². The predicted molar refractivity (Wildman–Crippen MR) is 96.5 cm³/mol. The van der Waals surface area contributed by atoms with Gasteiger partial charge in [-0.3, -0.25) is 14.5 Å². The number of hydrogen-bond donors (Lipinski definition) is 0. The van der Waals surface area contributed by atoms with Crippen LogP contribution >= 0.6 is 0 Å². The molecule has 2 aliphatic heterocycles. The smallest absolute Gasteiger partial charge is 0.261 e. The van der Waals surface area contributed by atoms with E-state index >= 15 is 0 Å². The molecule has 0 N–H and O–H groups in total. The third-order valence-corrected chi connectivity index (χ3v) is 4.93. The van der Waals surface area contributed by atoms with Gasteiger partial charge in [-0.25, -0.2) is 0 Å². The van der Waals surface area contributed by atoms with Crippen LogP contribution in [0.1, 0.15) is 47.2 Å². The number of carbonyl (C=O) groups is 3. The Morgan fingerprint density at radius 1 is 1.11 bits per heavy atom. The summed E-state index contributed by atoms with van der Waals surface area (Å²) in [5.41, 5.74) is 1.91. The van der Waals surface area contributed by atoms with Crippen LogP contribution in [-0.2, 0) is 16.1 Å². The molecule has 0 fully saturated rings. The van der Waals surface area contributed by atoms with E-state index in [-0.39, 0.29) is 37.4 Å². The lowest BCUT2D eigenvalue weighted by molar-refractivity contribution is -0.131. The van der Waals surface area contributed by atoms with Gasteiger partial charge in [0.15, 0.2) is 11.5 Å². The van der Waals surface area contributed by atoms with Gasteiger partial charge >= 0.3 is 0 Å². The monoisotopic (exact) mass is 365 g/mol. The van der Waals surface area contributed by atoms with E-state index in [9.17, 15) is 14.4 Å². The maximum absolute atomic E-state index is 13.1. The summed E-state index contributed by atoms with van der Waals surface area (Å²) in [5, 5.41) is 0. The summed E-state index contributed by atoms with van der Waals surface area (Å²) in [6.07, 6.45) is 0.636. The molecule has 1 atom stereocenters. The number of benzene rings is 2. The van der Waals surface area contributed by atoms with Crippen LogP contribution in [0.3, 0.4) is 0 Å². The Morgan fingerprint density at radius 3 is 2.52 bits per heavy atom. The Hall–Kier alpha value is -3.15. The average molecular weight is 365 g/mol. The largest absolute Gasteiger partial charge is 0.454 e. The summed E-state index contributed by atoms with van der Waals surface area (Å²) in [4.78, 5) is 39.0. The topological polar surface area (TPSA) is 72.9 Å². The van der Waals surface area contributed by atoms with Gasteiger partial charge in [0.05, 0.1) is 12.5 Å². The van der Waals surface area contributed by atoms with E-state index in [1.807, 2.05) is 30.3 Å². The number of ketones is 1. The van der Waals surface area contributed by atoms with E-state index in [4.69, 9.17) is 9.47 Å². The lowest BCUT2D eigenvalue weighted by Gasteiger charge is -2.32. The molecule has 6 heteroatoms. The third kappa shape index (κ3) is 3.18. The van der Waals surface area contributed by atoms with E-state index in [1.165, 1.54) is 11.8 Å². The van der Waals surface area contributed by atoms with Crippen molar-refractivity contribution in [1.82, 2.24) is 4.90 Å². The Labute approximate surface area is 156 Å². The molecule has 1 unspecified atom stereocenters. The highest BCUT2D eigenvalue weighted by Gasteiger charge is 2.40. The maximum Gasteiger partial charge on any atom is 0.261 e. The minimum atomic E-state index is -0.556. The number of fused-ring (bicyclic) bond motifs is 2. The second kappa shape index (κ2) is 6.87. The quantitative estimate of drug-likeness (QED) is 0.762. The average Bonchev–Trinajstić information content (AvgIpc) is 3.12. The van der Waals surface area contributed by atoms with Crippen LogP contribution in [0.15, 0.2) is 42.5 Å². The Kier molecular flexibility index (Phi) is 4.39. The Morgan fingerprint density at radius 2 is 1.81 bits per heavy atom. The van der Waals surface area contributed by atoms with Crippen molar-refractivity contribution in [2.75, 3.05) is 6.79 Å². The highest BCUT2D eigenvalue weighted by molar-refractivity contribution is 6.12. The van der Waals surface area contributed by atoms with Crippen LogP contribution in [0.25, 0.3) is 0 Å². The molecule has 0 saturated heterocycles. The van der Waals surface area contributed by atoms with Crippen molar-refractivity contribution in [3.8, 4) is 11.5 Å². The highest BCUT2D eigenvalue weighted by Crippen LogP contribution is 2.42. The van der Waals surface area contributed by atoms with Crippen molar-refractivity contribution in [1.29, 1.82) is 0 Å². The van der Waals surface area contributed by atoms with Gasteiger partial charge in [0.2, 0.25) is 12.7 Å². The number of nitrogens with zero attached hydrogens (tertiary/aromatic N) is 1. The van der Waals surface area contributed by atoms with Crippen molar-refractivity contribution in [3.05, 3.63) is 59.2 Å². The minimum Gasteiger partial charge on any atom is -0.454 e. The molecule has 0 spiro atoms. The standard InChI is InChI=1S/C21H19NO5/c1-13(23)7-8-15-16-9-18-19(27-12-26-18)10-17(16)21(25)22(20(15)24)11-14-5-3-2-4-6-14/h2-6,9-10,15H,7-8,11-12H2,1H3. The van der Waals surface area contributed by atoms with Gasteiger partial charge in [-0.2, -0.15) is 0 Å². The SMILES string of the molecule is CC(=O)CCC1C(=O)N(Cc2ccccc2)C(=O)c2cc3c(cc21)OCO3. The van der Waals surface area contributed by atoms with Gasteiger partial charge < -0.3 is 14.3 Å². The Bertz CT molecular complexity index is 922. The van der Waals surface area contributed by atoms with Crippen LogP contribution in [-0.4, -0.2) is 29.3 Å². The van der Waals surface area contributed by atoms with Crippen LogP contribution in [0.5, 0.6) is 11.5 Å². The zero-order valence-electron chi connectivity index (χ0n) is 14.9. The molecule has 0 aromatic heterocycles. The molecule has 2 aliphatic rings. The number of amides is 2. The molecule has 0 radical (unpaired) electrons. The summed E-state index contributed by atoms with van der Waals surface area (Å²) in [5.74, 6) is -0.149. The van der Waals surface area contributed by atoms with E-state index < -0.39 is 5.92 Å². The van der Waals surface area contributed by atoms with Crippen molar-refractivity contribution < 1.29 is 23.9 Å². The fraction of sp³-hybridized carbons (Fsp3) is 0.286. The number of Topliss-reactive ketones (excluding diaryl/α,β-unsaturated/α-hetero) is 1. The second-order valence-electron chi connectivity index (χ2n) is 6.80. The molecular formula is C21H19NO5. The number of ether oxygens (including phenoxy) is 2.